The molecule has 0 bridgehead atoms. The van der Waals surface area contributed by atoms with Gasteiger partial charge in [-0.1, -0.05) is 19.8 Å². The summed E-state index contributed by atoms with van der Waals surface area (Å²) in [5, 5.41) is 0. The summed E-state index contributed by atoms with van der Waals surface area (Å²) in [4.78, 5) is 13.8. The van der Waals surface area contributed by atoms with Crippen molar-refractivity contribution in [3.8, 4) is 5.75 Å². The van der Waals surface area contributed by atoms with Crippen molar-refractivity contribution in [3.63, 3.8) is 0 Å². The number of unbranched alkanes of at least 4 members (excludes halogenated alkanes) is 1. The van der Waals surface area contributed by atoms with Crippen LogP contribution in [0.5, 0.6) is 5.75 Å². The molecule has 208 valence electrons. The Balaban J connectivity index is 2.13. The fourth-order valence-electron chi connectivity index (χ4n) is 4.84. The number of benzene rings is 1. The van der Waals surface area contributed by atoms with Crippen molar-refractivity contribution in [2.24, 2.45) is 0 Å². The lowest BCUT2D eigenvalue weighted by Crippen LogP contribution is -2.48. The van der Waals surface area contributed by atoms with Gasteiger partial charge in [-0.3, -0.25) is 0 Å². The molecular formula is C25H35F3N2O5S2. The molecular weight excluding hydrogens is 529 g/mol. The van der Waals surface area contributed by atoms with Crippen molar-refractivity contribution < 1.29 is 35.9 Å². The molecule has 0 radical (unpaired) electrons. The summed E-state index contributed by atoms with van der Waals surface area (Å²) in [5.74, 6) is -5.25. The van der Waals surface area contributed by atoms with Crippen molar-refractivity contribution in [2.45, 2.75) is 86.6 Å². The van der Waals surface area contributed by atoms with Crippen LogP contribution < -0.4 is 9.64 Å². The van der Waals surface area contributed by atoms with Crippen LogP contribution in [-0.2, 0) is 19.6 Å². The summed E-state index contributed by atoms with van der Waals surface area (Å²) >= 11 is 1.23. The van der Waals surface area contributed by atoms with E-state index in [1.807, 2.05) is 11.8 Å². The Kier molecular flexibility index (Phi) is 9.85. The van der Waals surface area contributed by atoms with Gasteiger partial charge in [-0.15, -0.1) is 11.8 Å². The Morgan fingerprint density at radius 3 is 2.65 bits per heavy atom. The van der Waals surface area contributed by atoms with Crippen molar-refractivity contribution in [1.82, 2.24) is 4.31 Å². The molecule has 1 heterocycles. The lowest BCUT2D eigenvalue weighted by molar-refractivity contribution is -0.140. The molecule has 12 heteroatoms. The van der Waals surface area contributed by atoms with Gasteiger partial charge in [-0.25, -0.2) is 22.0 Å². The molecule has 2 atom stereocenters. The number of sulfonamides is 1. The van der Waals surface area contributed by atoms with E-state index in [9.17, 15) is 26.4 Å². The van der Waals surface area contributed by atoms with E-state index in [1.54, 1.807) is 12.3 Å². The molecule has 3 rings (SSSR count). The van der Waals surface area contributed by atoms with Crippen LogP contribution in [0.4, 0.5) is 18.9 Å². The first-order valence-corrected chi connectivity index (χ1v) is 15.2. The number of fused-ring (bicyclic) bond motifs is 1. The van der Waals surface area contributed by atoms with E-state index >= 15 is 0 Å². The second kappa shape index (κ2) is 12.3. The van der Waals surface area contributed by atoms with Crippen LogP contribution in [0, 0.1) is 0 Å². The highest BCUT2D eigenvalue weighted by Crippen LogP contribution is 2.45. The Bertz CT molecular complexity index is 1110. The largest absolute Gasteiger partial charge is 0.461 e. The molecule has 0 aromatic heterocycles. The summed E-state index contributed by atoms with van der Waals surface area (Å²) in [5.41, 5.74) is 0.333. The maximum absolute atomic E-state index is 14.5. The predicted octanol–water partition coefficient (Wildman–Crippen LogP) is 5.74. The highest BCUT2D eigenvalue weighted by Gasteiger charge is 2.43. The van der Waals surface area contributed by atoms with E-state index in [2.05, 4.69) is 4.74 Å². The molecule has 1 aliphatic carbocycles. The monoisotopic (exact) mass is 564 g/mol. The van der Waals surface area contributed by atoms with Crippen molar-refractivity contribution in [1.29, 1.82) is 0 Å². The molecule has 1 fully saturated rings. The minimum Gasteiger partial charge on any atom is -0.461 e. The molecule has 1 aromatic rings. The smallest absolute Gasteiger partial charge is 0.370 e. The Hall–Kier alpha value is -1.92. The maximum atomic E-state index is 14.5. The number of alkyl halides is 2. The number of carbonyl (C=O) groups is 1. The van der Waals surface area contributed by atoms with Crippen LogP contribution in [0.2, 0.25) is 0 Å². The highest BCUT2D eigenvalue weighted by molar-refractivity contribution is 7.98. The van der Waals surface area contributed by atoms with Gasteiger partial charge < -0.3 is 14.4 Å². The second-order valence-electron chi connectivity index (χ2n) is 9.35. The number of carbonyl (C=O) groups excluding carboxylic acids is 1. The average molecular weight is 565 g/mol. The third-order valence-corrected chi connectivity index (χ3v) is 9.54. The van der Waals surface area contributed by atoms with Gasteiger partial charge in [0.15, 0.2) is 0 Å². The predicted molar refractivity (Wildman–Crippen MR) is 137 cm³/mol. The summed E-state index contributed by atoms with van der Waals surface area (Å²) < 4.78 is 81.9. The van der Waals surface area contributed by atoms with E-state index in [0.29, 0.717) is 36.1 Å². The minimum absolute atomic E-state index is 0.0190. The number of anilines is 1. The van der Waals surface area contributed by atoms with E-state index in [4.69, 9.17) is 4.74 Å². The topological polar surface area (TPSA) is 76.1 Å². The number of halogens is 3. The number of rotatable bonds is 9. The number of esters is 1. The molecule has 1 aromatic carbocycles. The van der Waals surface area contributed by atoms with Crippen LogP contribution in [0.15, 0.2) is 34.0 Å². The maximum Gasteiger partial charge on any atom is 0.370 e. The van der Waals surface area contributed by atoms with Crippen LogP contribution in [-0.4, -0.2) is 63.2 Å². The molecule has 0 spiro atoms. The number of ether oxygens (including phenoxy) is 2. The lowest BCUT2D eigenvalue weighted by Gasteiger charge is -2.40. The third kappa shape index (κ3) is 6.75. The van der Waals surface area contributed by atoms with Gasteiger partial charge in [0.2, 0.25) is 21.8 Å². The lowest BCUT2D eigenvalue weighted by atomic mass is 9.90. The van der Waals surface area contributed by atoms with Crippen molar-refractivity contribution in [2.75, 3.05) is 31.4 Å². The molecule has 37 heavy (non-hydrogen) atoms. The SMILES string of the molecule is CCCCC1CN(C2CCCC(F)(F)C2)c2cc(SC)c(O/C=C(\F)C(=O)OCC)cc2S(=O)(=O)N1C. The van der Waals surface area contributed by atoms with Crippen LogP contribution in [0.1, 0.15) is 58.8 Å². The zero-order chi connectivity index (χ0) is 27.4. The third-order valence-electron chi connectivity index (χ3n) is 6.84. The molecule has 0 amide bonds. The molecule has 1 saturated carbocycles. The summed E-state index contributed by atoms with van der Waals surface area (Å²) in [6.45, 7) is 3.81. The Morgan fingerprint density at radius 1 is 1.30 bits per heavy atom. The normalized spacial score (nSPS) is 23.8. The molecule has 2 unspecified atom stereocenters. The van der Waals surface area contributed by atoms with Crippen LogP contribution >= 0.6 is 11.8 Å². The summed E-state index contributed by atoms with van der Waals surface area (Å²) in [7, 11) is -2.54. The molecule has 0 N–H and O–H groups in total. The van der Waals surface area contributed by atoms with Gasteiger partial charge in [0.1, 0.15) is 16.9 Å². The van der Waals surface area contributed by atoms with E-state index in [-0.39, 0.29) is 36.6 Å². The molecule has 0 saturated heterocycles. The van der Waals surface area contributed by atoms with Gasteiger partial charge in [-0.2, -0.15) is 8.70 Å². The highest BCUT2D eigenvalue weighted by atomic mass is 32.2. The van der Waals surface area contributed by atoms with Gasteiger partial charge in [0.05, 0.1) is 17.2 Å². The number of thioether (sulfide) groups is 1. The summed E-state index contributed by atoms with van der Waals surface area (Å²) in [6.07, 6.45) is 4.91. The van der Waals surface area contributed by atoms with Crippen molar-refractivity contribution in [3.05, 3.63) is 24.2 Å². The Labute approximate surface area is 221 Å². The zero-order valence-corrected chi connectivity index (χ0v) is 23.3. The first-order chi connectivity index (χ1) is 17.4. The number of likely N-dealkylation sites (N-methyl/N-ethyl adjacent to an activating group) is 1. The van der Waals surface area contributed by atoms with Crippen molar-refractivity contribution >= 4 is 33.4 Å². The van der Waals surface area contributed by atoms with Gasteiger partial charge in [0, 0.05) is 44.6 Å². The van der Waals surface area contributed by atoms with Gasteiger partial charge >= 0.3 is 5.97 Å². The second-order valence-corrected chi connectivity index (χ2v) is 12.2. The number of hydrogen-bond donors (Lipinski definition) is 0. The van der Waals surface area contributed by atoms with Crippen LogP contribution in [0.3, 0.4) is 0 Å². The zero-order valence-electron chi connectivity index (χ0n) is 21.6. The Morgan fingerprint density at radius 2 is 2.03 bits per heavy atom. The average Bonchev–Trinajstić information content (AvgIpc) is 2.93. The van der Waals surface area contributed by atoms with Gasteiger partial charge in [-0.05, 0) is 38.5 Å². The fourth-order valence-corrected chi connectivity index (χ4v) is 6.95. The number of hydrogen-bond acceptors (Lipinski definition) is 7. The number of nitrogens with zero attached hydrogens (tertiary/aromatic N) is 2. The van der Waals surface area contributed by atoms with Crippen LogP contribution in [0.25, 0.3) is 0 Å². The van der Waals surface area contributed by atoms with E-state index in [0.717, 1.165) is 12.8 Å². The fraction of sp³-hybridized carbons (Fsp3) is 0.640. The molecule has 1 aliphatic heterocycles. The first kappa shape index (κ1) is 29.6. The molecule has 2 aliphatic rings. The van der Waals surface area contributed by atoms with E-state index in [1.165, 1.54) is 36.1 Å². The van der Waals surface area contributed by atoms with Gasteiger partial charge in [0.25, 0.3) is 0 Å². The van der Waals surface area contributed by atoms with E-state index < -0.39 is 39.8 Å². The minimum atomic E-state index is -4.04. The quantitative estimate of drug-likeness (QED) is 0.164. The standard InChI is InChI=1S/C25H35F3N2O5S2/c1-5-7-9-18-15-30(17-10-8-11-25(27,28)14-17)20-12-22(36-4)21(13-23(20)37(32,33)29(18)3)35-16-19(26)24(31)34-6-2/h12-13,16-18H,5-11,14-15H2,1-4H3/b19-16-. The first-order valence-electron chi connectivity index (χ1n) is 12.5. The molecule has 7 nitrogen and oxygen atoms in total. The summed E-state index contributed by atoms with van der Waals surface area (Å²) in [6, 6.07) is 1.95.